The maximum atomic E-state index is 12.6. The second-order valence-electron chi connectivity index (χ2n) is 8.88. The number of nitrogens with one attached hydrogen (secondary N) is 2. The molecule has 0 radical (unpaired) electrons. The van der Waals surface area contributed by atoms with Crippen molar-refractivity contribution in [1.29, 1.82) is 0 Å². The highest BCUT2D eigenvalue weighted by Gasteiger charge is 2.45. The topological polar surface area (TPSA) is 96.7 Å². The van der Waals surface area contributed by atoms with Crippen LogP contribution in [0.1, 0.15) is 59.2 Å². The van der Waals surface area contributed by atoms with Crippen molar-refractivity contribution in [3.8, 4) is 0 Å². The van der Waals surface area contributed by atoms with Crippen molar-refractivity contribution in [3.05, 3.63) is 12.2 Å². The molecule has 2 bridgehead atoms. The van der Waals surface area contributed by atoms with Crippen LogP contribution in [0, 0.1) is 0 Å². The Kier molecular flexibility index (Phi) is 6.64. The lowest BCUT2D eigenvalue weighted by Gasteiger charge is -2.40. The smallest absolute Gasteiger partial charge is 0.410 e. The number of aromatic nitrogens is 3. The van der Waals surface area contributed by atoms with Gasteiger partial charge >= 0.3 is 6.09 Å². The molecule has 29 heavy (non-hydrogen) atoms. The van der Waals surface area contributed by atoms with Gasteiger partial charge in [0.15, 0.2) is 5.96 Å². The molecule has 2 N–H and O–H groups in total. The van der Waals surface area contributed by atoms with E-state index in [9.17, 15) is 4.79 Å². The molecule has 162 valence electrons. The molecule has 2 saturated heterocycles. The lowest BCUT2D eigenvalue weighted by molar-refractivity contribution is 0.00545. The minimum atomic E-state index is -0.458. The van der Waals surface area contributed by atoms with Crippen LogP contribution in [0.5, 0.6) is 0 Å². The van der Waals surface area contributed by atoms with Gasteiger partial charge in [-0.3, -0.25) is 4.99 Å². The molecule has 0 spiro atoms. The molecule has 0 saturated carbocycles. The zero-order chi connectivity index (χ0) is 21.0. The molecule has 1 aromatic rings. The van der Waals surface area contributed by atoms with Crippen LogP contribution in [0.3, 0.4) is 0 Å². The average Bonchev–Trinajstić information content (AvgIpc) is 3.21. The predicted octanol–water partition coefficient (Wildman–Crippen LogP) is 1.94. The van der Waals surface area contributed by atoms with Crippen LogP contribution in [-0.2, 0) is 17.7 Å². The third-order valence-electron chi connectivity index (χ3n) is 5.56. The number of rotatable bonds is 5. The van der Waals surface area contributed by atoms with Crippen LogP contribution in [0.15, 0.2) is 11.3 Å². The molecule has 9 heteroatoms. The first-order chi connectivity index (χ1) is 13.8. The first-order valence-corrected chi connectivity index (χ1v) is 10.7. The Morgan fingerprint density at radius 3 is 2.59 bits per heavy atom. The molecule has 9 nitrogen and oxygen atoms in total. The van der Waals surface area contributed by atoms with Crippen LogP contribution >= 0.6 is 0 Å². The van der Waals surface area contributed by atoms with E-state index in [0.29, 0.717) is 6.04 Å². The fraction of sp³-hybridized carbons (Fsp3) is 0.800. The lowest BCUT2D eigenvalue weighted by Crippen LogP contribution is -2.55. The standard InChI is InChI=1S/C20H35N7O2/c1-6-17-25-23-13-26(17)10-9-22-18(21-5)24-14-11-15-7-8-16(12-14)27(15)19(28)29-20(2,3)4/h13-16H,6-12H2,1-5H3,(H2,21,22,24). The molecule has 2 fully saturated rings. The number of carbonyl (C=O) groups is 1. The number of piperidine rings is 1. The summed E-state index contributed by atoms with van der Waals surface area (Å²) in [7, 11) is 1.79. The van der Waals surface area contributed by atoms with Crippen LogP contribution in [-0.4, -0.2) is 69.0 Å². The zero-order valence-corrected chi connectivity index (χ0v) is 18.3. The highest BCUT2D eigenvalue weighted by atomic mass is 16.6. The van der Waals surface area contributed by atoms with Gasteiger partial charge in [0, 0.05) is 44.7 Å². The zero-order valence-electron chi connectivity index (χ0n) is 18.3. The average molecular weight is 406 g/mol. The summed E-state index contributed by atoms with van der Waals surface area (Å²) in [5, 5.41) is 15.0. The number of fused-ring (bicyclic) bond motifs is 2. The van der Waals surface area contributed by atoms with E-state index < -0.39 is 5.60 Å². The summed E-state index contributed by atoms with van der Waals surface area (Å²) >= 11 is 0. The Morgan fingerprint density at radius 1 is 1.31 bits per heavy atom. The van der Waals surface area contributed by atoms with Crippen molar-refractivity contribution in [2.24, 2.45) is 4.99 Å². The quantitative estimate of drug-likeness (QED) is 0.574. The van der Waals surface area contributed by atoms with Gasteiger partial charge in [-0.15, -0.1) is 10.2 Å². The molecule has 2 unspecified atom stereocenters. The predicted molar refractivity (Wildman–Crippen MR) is 112 cm³/mol. The van der Waals surface area contributed by atoms with Gasteiger partial charge in [0.2, 0.25) is 0 Å². The van der Waals surface area contributed by atoms with E-state index >= 15 is 0 Å². The summed E-state index contributed by atoms with van der Waals surface area (Å²) in [5.41, 5.74) is -0.458. The van der Waals surface area contributed by atoms with Crippen molar-refractivity contribution in [2.45, 2.75) is 90.1 Å². The normalized spacial score (nSPS) is 24.5. The lowest BCUT2D eigenvalue weighted by atomic mass is 9.98. The van der Waals surface area contributed by atoms with E-state index in [1.165, 1.54) is 0 Å². The molecular formula is C20H35N7O2. The maximum Gasteiger partial charge on any atom is 0.410 e. The third-order valence-corrected chi connectivity index (χ3v) is 5.56. The summed E-state index contributed by atoms with van der Waals surface area (Å²) in [5.74, 6) is 1.78. The summed E-state index contributed by atoms with van der Waals surface area (Å²) in [6.07, 6.45) is 6.38. The van der Waals surface area contributed by atoms with Crippen molar-refractivity contribution in [3.63, 3.8) is 0 Å². The SMILES string of the molecule is CCc1nncn1CCNC(=NC)NC1CC2CCC(C1)N2C(=O)OC(C)(C)C. The molecule has 0 aromatic carbocycles. The molecule has 2 aliphatic heterocycles. The Balaban J connectivity index is 1.49. The van der Waals surface area contributed by atoms with E-state index in [4.69, 9.17) is 4.74 Å². The number of hydrogen-bond acceptors (Lipinski definition) is 5. The largest absolute Gasteiger partial charge is 0.444 e. The van der Waals surface area contributed by atoms with Gasteiger partial charge in [-0.25, -0.2) is 4.79 Å². The van der Waals surface area contributed by atoms with E-state index in [0.717, 1.165) is 57.0 Å². The van der Waals surface area contributed by atoms with Gasteiger partial charge in [0.1, 0.15) is 17.8 Å². The highest BCUT2D eigenvalue weighted by Crippen LogP contribution is 2.36. The number of aryl methyl sites for hydroxylation is 1. The van der Waals surface area contributed by atoms with Crippen LogP contribution in [0.4, 0.5) is 4.79 Å². The molecular weight excluding hydrogens is 370 g/mol. The number of amides is 1. The van der Waals surface area contributed by atoms with Gasteiger partial charge in [-0.1, -0.05) is 6.92 Å². The van der Waals surface area contributed by atoms with Crippen molar-refractivity contribution >= 4 is 12.1 Å². The van der Waals surface area contributed by atoms with Crippen LogP contribution in [0.25, 0.3) is 0 Å². The second-order valence-corrected chi connectivity index (χ2v) is 8.88. The molecule has 0 aliphatic carbocycles. The highest BCUT2D eigenvalue weighted by molar-refractivity contribution is 5.80. The van der Waals surface area contributed by atoms with E-state index in [2.05, 4.69) is 37.3 Å². The fourth-order valence-corrected chi connectivity index (χ4v) is 4.33. The van der Waals surface area contributed by atoms with Crippen molar-refractivity contribution < 1.29 is 9.53 Å². The Hall–Kier alpha value is -2.32. The summed E-state index contributed by atoms with van der Waals surface area (Å²) in [4.78, 5) is 18.9. The Morgan fingerprint density at radius 2 is 2.00 bits per heavy atom. The third kappa shape index (κ3) is 5.39. The molecule has 3 rings (SSSR count). The first kappa shape index (κ1) is 21.4. The number of carbonyl (C=O) groups excluding carboxylic acids is 1. The van der Waals surface area contributed by atoms with E-state index in [-0.39, 0.29) is 18.2 Å². The number of nitrogens with zero attached hydrogens (tertiary/aromatic N) is 5. The summed E-state index contributed by atoms with van der Waals surface area (Å²) < 4.78 is 7.68. The molecule has 2 atom stereocenters. The summed E-state index contributed by atoms with van der Waals surface area (Å²) in [6, 6.07) is 0.783. The van der Waals surface area contributed by atoms with E-state index in [1.807, 2.05) is 25.7 Å². The number of guanidine groups is 1. The minimum absolute atomic E-state index is 0.174. The molecule has 2 aliphatic rings. The van der Waals surface area contributed by atoms with Gasteiger partial charge < -0.3 is 24.8 Å². The maximum absolute atomic E-state index is 12.6. The van der Waals surface area contributed by atoms with Gasteiger partial charge in [-0.05, 0) is 46.5 Å². The fourth-order valence-electron chi connectivity index (χ4n) is 4.33. The van der Waals surface area contributed by atoms with E-state index in [1.54, 1.807) is 13.4 Å². The first-order valence-electron chi connectivity index (χ1n) is 10.7. The Bertz CT molecular complexity index is 711. The van der Waals surface area contributed by atoms with Gasteiger partial charge in [0.25, 0.3) is 0 Å². The number of aliphatic imine (C=N–C) groups is 1. The molecule has 1 amide bonds. The summed E-state index contributed by atoms with van der Waals surface area (Å²) in [6.45, 7) is 9.36. The number of hydrogen-bond donors (Lipinski definition) is 2. The monoisotopic (exact) mass is 405 g/mol. The van der Waals surface area contributed by atoms with Gasteiger partial charge in [-0.2, -0.15) is 0 Å². The molecule has 1 aromatic heterocycles. The Labute approximate surface area is 173 Å². The second kappa shape index (κ2) is 9.00. The molecule has 3 heterocycles. The van der Waals surface area contributed by atoms with Gasteiger partial charge in [0.05, 0.1) is 0 Å². The van der Waals surface area contributed by atoms with Crippen LogP contribution < -0.4 is 10.6 Å². The van der Waals surface area contributed by atoms with Crippen molar-refractivity contribution in [2.75, 3.05) is 13.6 Å². The van der Waals surface area contributed by atoms with Crippen molar-refractivity contribution in [1.82, 2.24) is 30.3 Å². The number of ether oxygens (including phenoxy) is 1. The minimum Gasteiger partial charge on any atom is -0.444 e. The van der Waals surface area contributed by atoms with Crippen LogP contribution in [0.2, 0.25) is 0 Å².